The second kappa shape index (κ2) is 5.79. The van der Waals surface area contributed by atoms with Crippen molar-refractivity contribution in [1.29, 1.82) is 0 Å². The summed E-state index contributed by atoms with van der Waals surface area (Å²) >= 11 is 0. The maximum absolute atomic E-state index is 13.8. The molecule has 112 valence electrons. The highest BCUT2D eigenvalue weighted by Gasteiger charge is 2.37. The molecule has 0 aromatic heterocycles. The first-order valence-electron chi connectivity index (χ1n) is 6.90. The fourth-order valence-corrected chi connectivity index (χ4v) is 5.09. The van der Waals surface area contributed by atoms with Gasteiger partial charge in [0.05, 0.1) is 4.90 Å². The Morgan fingerprint density at radius 2 is 1.90 bits per heavy atom. The molecular formula is C14H21FN2O2S. The summed E-state index contributed by atoms with van der Waals surface area (Å²) in [5, 5.41) is 0. The summed E-state index contributed by atoms with van der Waals surface area (Å²) in [6.45, 7) is 3.67. The molecule has 1 aliphatic rings. The molecule has 0 bridgehead atoms. The Hall–Kier alpha value is -0.980. The van der Waals surface area contributed by atoms with Gasteiger partial charge in [-0.3, -0.25) is 0 Å². The van der Waals surface area contributed by atoms with Gasteiger partial charge in [-0.2, -0.15) is 4.31 Å². The van der Waals surface area contributed by atoms with E-state index in [1.165, 1.54) is 22.5 Å². The summed E-state index contributed by atoms with van der Waals surface area (Å²) in [5.41, 5.74) is 5.59. The van der Waals surface area contributed by atoms with Crippen LogP contribution in [0.4, 0.5) is 4.39 Å². The van der Waals surface area contributed by atoms with Gasteiger partial charge < -0.3 is 5.73 Å². The highest BCUT2D eigenvalue weighted by Crippen LogP contribution is 2.31. The van der Waals surface area contributed by atoms with Crippen molar-refractivity contribution in [2.45, 2.75) is 56.6 Å². The van der Waals surface area contributed by atoms with Gasteiger partial charge >= 0.3 is 0 Å². The van der Waals surface area contributed by atoms with Crippen molar-refractivity contribution in [3.63, 3.8) is 0 Å². The normalized spacial score (nSPS) is 24.8. The lowest BCUT2D eigenvalue weighted by Crippen LogP contribution is -2.47. The fourth-order valence-electron chi connectivity index (χ4n) is 2.96. The van der Waals surface area contributed by atoms with Crippen molar-refractivity contribution in [3.05, 3.63) is 29.6 Å². The lowest BCUT2D eigenvalue weighted by molar-refractivity contribution is 0.204. The van der Waals surface area contributed by atoms with E-state index in [4.69, 9.17) is 5.73 Å². The van der Waals surface area contributed by atoms with Crippen LogP contribution >= 0.6 is 0 Å². The molecule has 0 aliphatic carbocycles. The van der Waals surface area contributed by atoms with Crippen LogP contribution in [0.1, 0.15) is 38.7 Å². The fraction of sp³-hybridized carbons (Fsp3) is 0.571. The van der Waals surface area contributed by atoms with E-state index in [0.29, 0.717) is 0 Å². The Labute approximate surface area is 119 Å². The number of hydrogen-bond acceptors (Lipinski definition) is 3. The molecule has 1 fully saturated rings. The Bertz CT molecular complexity index is 579. The molecule has 1 aliphatic heterocycles. The van der Waals surface area contributed by atoms with Gasteiger partial charge in [-0.1, -0.05) is 12.5 Å². The largest absolute Gasteiger partial charge is 0.326 e. The molecule has 0 saturated carbocycles. The summed E-state index contributed by atoms with van der Waals surface area (Å²) in [7, 11) is -3.71. The van der Waals surface area contributed by atoms with Crippen LogP contribution in [0.2, 0.25) is 0 Å². The SMILES string of the molecule is C[C@@H]1CCC[C@H](C)N1S(=O)(=O)c1cccc(F)c1CN. The molecule has 1 aromatic carbocycles. The van der Waals surface area contributed by atoms with Crippen molar-refractivity contribution in [3.8, 4) is 0 Å². The summed E-state index contributed by atoms with van der Waals surface area (Å²) in [6.07, 6.45) is 2.68. The van der Waals surface area contributed by atoms with Gasteiger partial charge in [0, 0.05) is 24.2 Å². The van der Waals surface area contributed by atoms with Gasteiger partial charge in [0.25, 0.3) is 0 Å². The number of halogens is 1. The van der Waals surface area contributed by atoms with E-state index in [9.17, 15) is 12.8 Å². The van der Waals surface area contributed by atoms with Gasteiger partial charge in [-0.25, -0.2) is 12.8 Å². The highest BCUT2D eigenvalue weighted by atomic mass is 32.2. The third-order valence-corrected chi connectivity index (χ3v) is 6.16. The van der Waals surface area contributed by atoms with Gasteiger partial charge in [-0.15, -0.1) is 0 Å². The molecule has 1 saturated heterocycles. The van der Waals surface area contributed by atoms with Crippen molar-refractivity contribution >= 4 is 10.0 Å². The zero-order valence-corrected chi connectivity index (χ0v) is 12.7. The smallest absolute Gasteiger partial charge is 0.243 e. The van der Waals surface area contributed by atoms with E-state index in [0.717, 1.165) is 19.3 Å². The minimum Gasteiger partial charge on any atom is -0.326 e. The molecule has 1 heterocycles. The number of benzene rings is 1. The molecule has 4 nitrogen and oxygen atoms in total. The number of nitrogens with zero attached hydrogens (tertiary/aromatic N) is 1. The Morgan fingerprint density at radius 3 is 2.45 bits per heavy atom. The molecule has 0 unspecified atom stereocenters. The van der Waals surface area contributed by atoms with Crippen molar-refractivity contribution < 1.29 is 12.8 Å². The molecule has 2 rings (SSSR count). The number of hydrogen-bond donors (Lipinski definition) is 1. The first-order valence-corrected chi connectivity index (χ1v) is 8.34. The standard InChI is InChI=1S/C14H21FN2O2S/c1-10-5-3-6-11(2)17(10)20(18,19)14-8-4-7-13(15)12(14)9-16/h4,7-8,10-11H,3,5-6,9,16H2,1-2H3/t10-,11+. The first-order chi connectivity index (χ1) is 9.39. The molecule has 2 N–H and O–H groups in total. The quantitative estimate of drug-likeness (QED) is 0.931. The van der Waals surface area contributed by atoms with E-state index < -0.39 is 15.8 Å². The third kappa shape index (κ3) is 2.60. The number of rotatable bonds is 3. The second-order valence-corrected chi connectivity index (χ2v) is 7.20. The molecule has 6 heteroatoms. The lowest BCUT2D eigenvalue weighted by Gasteiger charge is -2.38. The van der Waals surface area contributed by atoms with E-state index in [1.807, 2.05) is 13.8 Å². The average molecular weight is 300 g/mol. The summed E-state index contributed by atoms with van der Waals surface area (Å²) in [6, 6.07) is 3.95. The second-order valence-electron chi connectivity index (χ2n) is 5.38. The van der Waals surface area contributed by atoms with Crippen LogP contribution in [0.5, 0.6) is 0 Å². The summed E-state index contributed by atoms with van der Waals surface area (Å²) in [4.78, 5) is 0.000556. The van der Waals surface area contributed by atoms with Gasteiger partial charge in [0.15, 0.2) is 0 Å². The Morgan fingerprint density at radius 1 is 1.30 bits per heavy atom. The summed E-state index contributed by atoms with van der Waals surface area (Å²) in [5.74, 6) is -0.564. The predicted octanol–water partition coefficient (Wildman–Crippen LogP) is 2.24. The first kappa shape index (κ1) is 15.4. The number of sulfonamides is 1. The maximum atomic E-state index is 13.8. The zero-order valence-electron chi connectivity index (χ0n) is 11.8. The topological polar surface area (TPSA) is 63.4 Å². The third-order valence-electron chi connectivity index (χ3n) is 3.95. The van der Waals surface area contributed by atoms with Gasteiger partial charge in [0.2, 0.25) is 10.0 Å². The molecular weight excluding hydrogens is 279 g/mol. The van der Waals surface area contributed by atoms with Crippen molar-refractivity contribution in [2.24, 2.45) is 5.73 Å². The number of piperidine rings is 1. The highest BCUT2D eigenvalue weighted by molar-refractivity contribution is 7.89. The Balaban J connectivity index is 2.52. The van der Waals surface area contributed by atoms with Crippen molar-refractivity contribution in [1.82, 2.24) is 4.31 Å². The lowest BCUT2D eigenvalue weighted by atomic mass is 10.0. The van der Waals surface area contributed by atoms with E-state index in [1.54, 1.807) is 0 Å². The molecule has 2 atom stereocenters. The molecule has 0 spiro atoms. The predicted molar refractivity (Wildman–Crippen MR) is 76.1 cm³/mol. The molecule has 0 amide bonds. The van der Waals surface area contributed by atoms with Crippen LogP contribution in [0, 0.1) is 5.82 Å². The van der Waals surface area contributed by atoms with E-state index in [-0.39, 0.29) is 29.1 Å². The molecule has 1 aromatic rings. The Kier molecular flexibility index (Phi) is 4.46. The van der Waals surface area contributed by atoms with E-state index in [2.05, 4.69) is 0 Å². The van der Waals surface area contributed by atoms with Crippen LogP contribution < -0.4 is 5.73 Å². The summed E-state index contributed by atoms with van der Waals surface area (Å²) < 4.78 is 41.0. The van der Waals surface area contributed by atoms with Crippen LogP contribution in [0.15, 0.2) is 23.1 Å². The van der Waals surface area contributed by atoms with Crippen LogP contribution in [-0.2, 0) is 16.6 Å². The minimum absolute atomic E-state index is 0.000556. The van der Waals surface area contributed by atoms with Crippen LogP contribution in [-0.4, -0.2) is 24.8 Å². The average Bonchev–Trinajstić information content (AvgIpc) is 2.37. The monoisotopic (exact) mass is 300 g/mol. The number of nitrogens with two attached hydrogens (primary N) is 1. The van der Waals surface area contributed by atoms with Gasteiger partial charge in [0.1, 0.15) is 5.82 Å². The molecule has 0 radical (unpaired) electrons. The minimum atomic E-state index is -3.71. The molecule has 20 heavy (non-hydrogen) atoms. The van der Waals surface area contributed by atoms with Crippen LogP contribution in [0.3, 0.4) is 0 Å². The van der Waals surface area contributed by atoms with E-state index >= 15 is 0 Å². The van der Waals surface area contributed by atoms with Crippen molar-refractivity contribution in [2.75, 3.05) is 0 Å². The van der Waals surface area contributed by atoms with Crippen LogP contribution in [0.25, 0.3) is 0 Å². The maximum Gasteiger partial charge on any atom is 0.243 e. The zero-order chi connectivity index (χ0) is 14.9. The van der Waals surface area contributed by atoms with Gasteiger partial charge in [-0.05, 0) is 38.8 Å².